The summed E-state index contributed by atoms with van der Waals surface area (Å²) >= 11 is 5.90. The van der Waals surface area contributed by atoms with Crippen LogP contribution in [0.5, 0.6) is 0 Å². The fourth-order valence-corrected chi connectivity index (χ4v) is 1.72. The van der Waals surface area contributed by atoms with Gasteiger partial charge in [0.1, 0.15) is 11.3 Å². The summed E-state index contributed by atoms with van der Waals surface area (Å²) < 4.78 is 10.3. The number of hydrazone groups is 1. The van der Waals surface area contributed by atoms with Crippen LogP contribution >= 0.6 is 11.6 Å². The minimum absolute atomic E-state index is 0.295. The van der Waals surface area contributed by atoms with E-state index in [-0.39, 0.29) is 0 Å². The second kappa shape index (κ2) is 5.75. The van der Waals surface area contributed by atoms with Crippen LogP contribution in [-0.4, -0.2) is 18.4 Å². The van der Waals surface area contributed by atoms with Crippen LogP contribution in [0.25, 0.3) is 11.0 Å². The average Bonchev–Trinajstić information content (AvgIpc) is 2.79. The first-order chi connectivity index (χ1) is 9.10. The molecule has 1 heterocycles. The minimum Gasteiger partial charge on any atom is -0.455 e. The summed E-state index contributed by atoms with van der Waals surface area (Å²) in [7, 11) is 0. The van der Waals surface area contributed by atoms with Crippen molar-refractivity contribution < 1.29 is 13.9 Å². The fourth-order valence-electron chi connectivity index (χ4n) is 1.54. The van der Waals surface area contributed by atoms with Crippen LogP contribution < -0.4 is 5.43 Å². The van der Waals surface area contributed by atoms with Gasteiger partial charge >= 0.3 is 6.09 Å². The molecule has 0 bridgehead atoms. The first-order valence-corrected chi connectivity index (χ1v) is 6.14. The molecule has 2 rings (SSSR count). The van der Waals surface area contributed by atoms with E-state index in [1.807, 2.05) is 6.07 Å². The summed E-state index contributed by atoms with van der Waals surface area (Å²) in [6.45, 7) is 3.74. The molecule has 1 amide bonds. The van der Waals surface area contributed by atoms with E-state index in [0.717, 1.165) is 5.39 Å². The highest BCUT2D eigenvalue weighted by Gasteiger charge is 2.08. The van der Waals surface area contributed by atoms with Crippen LogP contribution in [0.1, 0.15) is 19.6 Å². The molecule has 1 aromatic heterocycles. The quantitative estimate of drug-likeness (QED) is 0.691. The van der Waals surface area contributed by atoms with E-state index < -0.39 is 6.09 Å². The van der Waals surface area contributed by atoms with Gasteiger partial charge in [-0.2, -0.15) is 5.10 Å². The number of fused-ring (bicyclic) bond motifs is 1. The maximum atomic E-state index is 11.1. The molecule has 0 aliphatic rings. The van der Waals surface area contributed by atoms with Crippen LogP contribution in [0.3, 0.4) is 0 Å². The molecular weight excluding hydrogens is 268 g/mol. The molecular formula is C13H13ClN2O3. The van der Waals surface area contributed by atoms with E-state index in [4.69, 9.17) is 20.8 Å². The van der Waals surface area contributed by atoms with Gasteiger partial charge in [0.25, 0.3) is 0 Å². The predicted molar refractivity (Wildman–Crippen MR) is 73.6 cm³/mol. The van der Waals surface area contributed by atoms with Gasteiger partial charge in [0, 0.05) is 10.4 Å². The van der Waals surface area contributed by atoms with Gasteiger partial charge in [0.2, 0.25) is 0 Å². The van der Waals surface area contributed by atoms with E-state index >= 15 is 0 Å². The van der Waals surface area contributed by atoms with Gasteiger partial charge < -0.3 is 9.15 Å². The average molecular weight is 281 g/mol. The van der Waals surface area contributed by atoms with Gasteiger partial charge in [0.05, 0.1) is 6.61 Å². The maximum absolute atomic E-state index is 11.1. The lowest BCUT2D eigenvalue weighted by Crippen LogP contribution is -2.20. The first kappa shape index (κ1) is 13.4. The van der Waals surface area contributed by atoms with Crippen LogP contribution in [0.4, 0.5) is 4.79 Å². The molecule has 6 heteroatoms. The van der Waals surface area contributed by atoms with Crippen molar-refractivity contribution >= 4 is 34.4 Å². The van der Waals surface area contributed by atoms with Crippen molar-refractivity contribution in [2.24, 2.45) is 5.10 Å². The molecule has 0 saturated heterocycles. The highest BCUT2D eigenvalue weighted by molar-refractivity contribution is 6.31. The molecule has 1 aromatic carbocycles. The first-order valence-electron chi connectivity index (χ1n) is 5.76. The summed E-state index contributed by atoms with van der Waals surface area (Å²) in [6.07, 6.45) is -0.596. The van der Waals surface area contributed by atoms with E-state index in [1.165, 1.54) is 0 Å². The zero-order chi connectivity index (χ0) is 13.8. The minimum atomic E-state index is -0.596. The Balaban J connectivity index is 2.19. The molecule has 0 fully saturated rings. The van der Waals surface area contributed by atoms with Gasteiger partial charge in [-0.25, -0.2) is 10.2 Å². The molecule has 0 atom stereocenters. The van der Waals surface area contributed by atoms with Crippen molar-refractivity contribution in [2.75, 3.05) is 6.61 Å². The number of carbonyl (C=O) groups is 1. The third kappa shape index (κ3) is 3.26. The Labute approximate surface area is 115 Å². The Morgan fingerprint density at radius 1 is 1.47 bits per heavy atom. The summed E-state index contributed by atoms with van der Waals surface area (Å²) in [4.78, 5) is 11.1. The number of hydrogen-bond donors (Lipinski definition) is 1. The van der Waals surface area contributed by atoms with Crippen LogP contribution in [0.2, 0.25) is 5.02 Å². The van der Waals surface area contributed by atoms with Crippen molar-refractivity contribution in [1.29, 1.82) is 0 Å². The van der Waals surface area contributed by atoms with Crippen molar-refractivity contribution in [3.05, 3.63) is 35.0 Å². The number of nitrogens with one attached hydrogen (secondary N) is 1. The van der Waals surface area contributed by atoms with Gasteiger partial charge in [-0.3, -0.25) is 0 Å². The third-order valence-electron chi connectivity index (χ3n) is 2.43. The maximum Gasteiger partial charge on any atom is 0.427 e. The lowest BCUT2D eigenvalue weighted by Gasteiger charge is -2.00. The molecule has 5 nitrogen and oxygen atoms in total. The molecule has 19 heavy (non-hydrogen) atoms. The zero-order valence-corrected chi connectivity index (χ0v) is 11.3. The number of benzene rings is 1. The Bertz CT molecular complexity index is 634. The molecule has 0 spiro atoms. The van der Waals surface area contributed by atoms with Gasteiger partial charge in [0.15, 0.2) is 5.76 Å². The highest BCUT2D eigenvalue weighted by atomic mass is 35.5. The van der Waals surface area contributed by atoms with Gasteiger partial charge in [-0.05, 0) is 38.1 Å². The number of rotatable bonds is 3. The number of amides is 1. The Morgan fingerprint density at radius 3 is 3.00 bits per heavy atom. The molecule has 0 aliphatic carbocycles. The largest absolute Gasteiger partial charge is 0.455 e. The summed E-state index contributed by atoms with van der Waals surface area (Å²) in [5, 5.41) is 5.42. The smallest absolute Gasteiger partial charge is 0.427 e. The molecule has 0 saturated carbocycles. The Kier molecular flexibility index (Phi) is 4.06. The monoisotopic (exact) mass is 280 g/mol. The number of halogens is 1. The van der Waals surface area contributed by atoms with Crippen molar-refractivity contribution in [2.45, 2.75) is 13.8 Å². The lowest BCUT2D eigenvalue weighted by atomic mass is 10.2. The summed E-state index contributed by atoms with van der Waals surface area (Å²) in [5.74, 6) is 0.564. The fraction of sp³-hybridized carbons (Fsp3) is 0.231. The van der Waals surface area contributed by atoms with Crippen LogP contribution in [-0.2, 0) is 4.74 Å². The van der Waals surface area contributed by atoms with Gasteiger partial charge in [-0.1, -0.05) is 11.6 Å². The summed E-state index contributed by atoms with van der Waals surface area (Å²) in [6, 6.07) is 7.15. The highest BCUT2D eigenvalue weighted by Crippen LogP contribution is 2.23. The van der Waals surface area contributed by atoms with Crippen molar-refractivity contribution in [3.63, 3.8) is 0 Å². The zero-order valence-electron chi connectivity index (χ0n) is 10.6. The normalized spacial score (nSPS) is 11.6. The molecule has 1 N–H and O–H groups in total. The molecule has 0 aliphatic heterocycles. The number of carbonyl (C=O) groups excluding carboxylic acids is 1. The second-order valence-electron chi connectivity index (χ2n) is 3.82. The molecule has 2 aromatic rings. The van der Waals surface area contributed by atoms with E-state index in [9.17, 15) is 4.79 Å². The number of nitrogens with zero attached hydrogens (tertiary/aromatic N) is 1. The van der Waals surface area contributed by atoms with Crippen LogP contribution in [0.15, 0.2) is 33.8 Å². The standard InChI is InChI=1S/C13H13ClN2O3/c1-3-18-13(17)16-15-8(2)12-7-9-6-10(14)4-5-11(9)19-12/h4-7H,3H2,1-2H3,(H,16,17). The summed E-state index contributed by atoms with van der Waals surface area (Å²) in [5.41, 5.74) is 3.53. The van der Waals surface area contributed by atoms with Gasteiger partial charge in [-0.15, -0.1) is 0 Å². The van der Waals surface area contributed by atoms with E-state index in [1.54, 1.807) is 32.0 Å². The topological polar surface area (TPSA) is 63.8 Å². The van der Waals surface area contributed by atoms with E-state index in [0.29, 0.717) is 28.7 Å². The Hall–Kier alpha value is -2.01. The number of furan rings is 1. The number of ether oxygens (including phenoxy) is 1. The predicted octanol–water partition coefficient (Wildman–Crippen LogP) is 3.56. The third-order valence-corrected chi connectivity index (χ3v) is 2.66. The number of hydrogen-bond acceptors (Lipinski definition) is 4. The molecule has 0 unspecified atom stereocenters. The van der Waals surface area contributed by atoms with E-state index in [2.05, 4.69) is 10.5 Å². The second-order valence-corrected chi connectivity index (χ2v) is 4.26. The molecule has 100 valence electrons. The lowest BCUT2D eigenvalue weighted by molar-refractivity contribution is 0.152. The SMILES string of the molecule is CCOC(=O)NN=C(C)c1cc2cc(Cl)ccc2o1. The molecule has 0 radical (unpaired) electrons. The van der Waals surface area contributed by atoms with Crippen LogP contribution in [0, 0.1) is 0 Å². The van der Waals surface area contributed by atoms with Crippen molar-refractivity contribution in [3.8, 4) is 0 Å². The van der Waals surface area contributed by atoms with Crippen molar-refractivity contribution in [1.82, 2.24) is 5.43 Å². The Morgan fingerprint density at radius 2 is 2.26 bits per heavy atom.